The number of benzene rings is 1. The number of carbonyl (C=O) groups is 1. The maximum atomic E-state index is 12.1. The van der Waals surface area contributed by atoms with Gasteiger partial charge in [-0.1, -0.05) is 19.9 Å². The van der Waals surface area contributed by atoms with Crippen LogP contribution in [0, 0.1) is 12.8 Å². The van der Waals surface area contributed by atoms with E-state index in [4.69, 9.17) is 4.74 Å². The Morgan fingerprint density at radius 2 is 2.08 bits per heavy atom. The van der Waals surface area contributed by atoms with Gasteiger partial charge in [0.15, 0.2) is 5.69 Å². The molecule has 1 aromatic carbocycles. The van der Waals surface area contributed by atoms with E-state index in [0.29, 0.717) is 18.2 Å². The third-order valence-electron chi connectivity index (χ3n) is 4.42. The van der Waals surface area contributed by atoms with Crippen molar-refractivity contribution in [3.8, 4) is 0 Å². The Labute approximate surface area is 142 Å². The first kappa shape index (κ1) is 16.5. The van der Waals surface area contributed by atoms with Crippen LogP contribution < -0.4 is 0 Å². The molecule has 0 fully saturated rings. The second-order valence-corrected chi connectivity index (χ2v) is 6.68. The average Bonchev–Trinajstić information content (AvgIpc) is 2.91. The lowest BCUT2D eigenvalue weighted by Gasteiger charge is -2.07. The molecule has 3 rings (SSSR count). The quantitative estimate of drug-likeness (QED) is 0.687. The van der Waals surface area contributed by atoms with Gasteiger partial charge in [-0.2, -0.15) is 0 Å². The number of hydrogen-bond acceptors (Lipinski definition) is 3. The van der Waals surface area contributed by atoms with Crippen LogP contribution in [-0.4, -0.2) is 22.5 Å². The van der Waals surface area contributed by atoms with Crippen LogP contribution in [0.4, 0.5) is 0 Å². The molecule has 0 radical (unpaired) electrons. The minimum atomic E-state index is -0.359. The van der Waals surface area contributed by atoms with E-state index in [9.17, 15) is 4.79 Å². The van der Waals surface area contributed by atoms with Crippen molar-refractivity contribution in [1.82, 2.24) is 9.97 Å². The van der Waals surface area contributed by atoms with E-state index in [0.717, 1.165) is 33.8 Å². The molecule has 2 aromatic heterocycles. The summed E-state index contributed by atoms with van der Waals surface area (Å²) in [5.74, 6) is 0.326. The largest absolute Gasteiger partial charge is 0.461 e. The Morgan fingerprint density at radius 3 is 2.79 bits per heavy atom. The van der Waals surface area contributed by atoms with Crippen molar-refractivity contribution in [2.75, 3.05) is 6.61 Å². The maximum absolute atomic E-state index is 12.1. The van der Waals surface area contributed by atoms with Gasteiger partial charge in [-0.15, -0.1) is 0 Å². The lowest BCUT2D eigenvalue weighted by atomic mass is 10.00. The Bertz CT molecular complexity index is 893. The van der Waals surface area contributed by atoms with Crippen molar-refractivity contribution in [2.45, 2.75) is 40.5 Å². The molecule has 0 saturated heterocycles. The molecule has 0 unspecified atom stereocenters. The Balaban J connectivity index is 2.12. The smallest absolute Gasteiger partial charge is 0.357 e. The second-order valence-electron chi connectivity index (χ2n) is 6.68. The van der Waals surface area contributed by atoms with Gasteiger partial charge in [0.25, 0.3) is 0 Å². The molecule has 126 valence electrons. The van der Waals surface area contributed by atoms with Gasteiger partial charge in [-0.3, -0.25) is 0 Å². The van der Waals surface area contributed by atoms with Crippen LogP contribution in [0.15, 0.2) is 24.4 Å². The van der Waals surface area contributed by atoms with Crippen LogP contribution >= 0.6 is 0 Å². The number of ether oxygens (including phenoxy) is 1. The molecular weight excluding hydrogens is 300 g/mol. The minimum absolute atomic E-state index is 0.352. The van der Waals surface area contributed by atoms with Crippen LogP contribution in [0.1, 0.15) is 48.8 Å². The predicted molar refractivity (Wildman–Crippen MR) is 97.5 cm³/mol. The van der Waals surface area contributed by atoms with Crippen molar-refractivity contribution in [3.63, 3.8) is 0 Å². The Kier molecular flexibility index (Phi) is 4.56. The number of aryl methyl sites for hydroxylation is 2. The third kappa shape index (κ3) is 3.01. The summed E-state index contributed by atoms with van der Waals surface area (Å²) < 4.78 is 5.12. The van der Waals surface area contributed by atoms with Gasteiger partial charge in [0, 0.05) is 16.3 Å². The highest BCUT2D eigenvalue weighted by Gasteiger charge is 2.17. The van der Waals surface area contributed by atoms with E-state index in [1.165, 1.54) is 12.0 Å². The number of carbonyl (C=O) groups excluding carboxylic acids is 1. The molecule has 0 aliphatic carbocycles. The number of nitrogens with one attached hydrogen (secondary N) is 1. The molecule has 4 heteroatoms. The Hall–Kier alpha value is -2.36. The number of esters is 1. The number of rotatable bonds is 5. The summed E-state index contributed by atoms with van der Waals surface area (Å²) >= 11 is 0. The summed E-state index contributed by atoms with van der Waals surface area (Å²) in [6.45, 7) is 8.58. The molecule has 0 aliphatic heterocycles. The molecule has 2 heterocycles. The van der Waals surface area contributed by atoms with Gasteiger partial charge in [0.05, 0.1) is 18.3 Å². The molecule has 4 nitrogen and oxygen atoms in total. The van der Waals surface area contributed by atoms with Crippen LogP contribution in [0.3, 0.4) is 0 Å². The zero-order valence-electron chi connectivity index (χ0n) is 14.8. The fourth-order valence-corrected chi connectivity index (χ4v) is 3.12. The van der Waals surface area contributed by atoms with E-state index >= 15 is 0 Å². The molecular formula is C20H24N2O2. The van der Waals surface area contributed by atoms with E-state index in [1.807, 2.05) is 6.92 Å². The summed E-state index contributed by atoms with van der Waals surface area (Å²) in [4.78, 5) is 19.8. The third-order valence-corrected chi connectivity index (χ3v) is 4.42. The van der Waals surface area contributed by atoms with Crippen LogP contribution in [0.5, 0.6) is 0 Å². The predicted octanol–water partition coefficient (Wildman–Crippen LogP) is 4.79. The van der Waals surface area contributed by atoms with Gasteiger partial charge >= 0.3 is 5.97 Å². The van der Waals surface area contributed by atoms with Crippen molar-refractivity contribution in [3.05, 3.63) is 41.2 Å². The molecule has 1 N–H and O–H groups in total. The summed E-state index contributed by atoms with van der Waals surface area (Å²) in [5.41, 5.74) is 4.63. The number of hydrogen-bond donors (Lipinski definition) is 1. The fraction of sp³-hybridized carbons (Fsp3) is 0.400. The first-order chi connectivity index (χ1) is 11.5. The summed E-state index contributed by atoms with van der Waals surface area (Å²) in [6.07, 6.45) is 3.96. The number of aromatic amines is 1. The number of pyridine rings is 1. The molecule has 0 aliphatic rings. The highest BCUT2D eigenvalue weighted by atomic mass is 16.5. The molecule has 0 bridgehead atoms. The highest BCUT2D eigenvalue weighted by Crippen LogP contribution is 2.30. The van der Waals surface area contributed by atoms with Crippen molar-refractivity contribution < 1.29 is 9.53 Å². The van der Waals surface area contributed by atoms with E-state index in [-0.39, 0.29) is 5.97 Å². The van der Waals surface area contributed by atoms with E-state index in [2.05, 4.69) is 42.0 Å². The molecule has 3 aromatic rings. The van der Waals surface area contributed by atoms with Gasteiger partial charge < -0.3 is 9.72 Å². The zero-order chi connectivity index (χ0) is 17.3. The Morgan fingerprint density at radius 1 is 1.29 bits per heavy atom. The molecule has 0 atom stereocenters. The molecule has 0 saturated carbocycles. The number of fused-ring (bicyclic) bond motifs is 3. The SMILES string of the molecule is CCOC(=O)c1ncc2[nH]c3ccc(CCC(C)C)cc3c2c1C. The van der Waals surface area contributed by atoms with E-state index in [1.54, 1.807) is 13.1 Å². The first-order valence-electron chi connectivity index (χ1n) is 8.58. The lowest BCUT2D eigenvalue weighted by molar-refractivity contribution is 0.0519. The summed E-state index contributed by atoms with van der Waals surface area (Å²) in [5, 5.41) is 2.21. The topological polar surface area (TPSA) is 55.0 Å². The second kappa shape index (κ2) is 6.63. The normalized spacial score (nSPS) is 11.5. The van der Waals surface area contributed by atoms with Crippen LogP contribution in [0.25, 0.3) is 21.8 Å². The number of H-pyrrole nitrogens is 1. The standard InChI is InChI=1S/C20H24N2O2/c1-5-24-20(23)19-13(4)18-15-10-14(7-6-12(2)3)8-9-16(15)22-17(18)11-21-19/h8-12,22H,5-7H2,1-4H3. The van der Waals surface area contributed by atoms with Gasteiger partial charge in [-0.05, 0) is 55.9 Å². The fourth-order valence-electron chi connectivity index (χ4n) is 3.12. The monoisotopic (exact) mass is 324 g/mol. The van der Waals surface area contributed by atoms with Crippen molar-refractivity contribution in [1.29, 1.82) is 0 Å². The van der Waals surface area contributed by atoms with Crippen molar-refractivity contribution in [2.24, 2.45) is 5.92 Å². The minimum Gasteiger partial charge on any atom is -0.461 e. The van der Waals surface area contributed by atoms with E-state index < -0.39 is 0 Å². The maximum Gasteiger partial charge on any atom is 0.357 e. The van der Waals surface area contributed by atoms with Crippen molar-refractivity contribution >= 4 is 27.8 Å². The number of aromatic nitrogens is 2. The highest BCUT2D eigenvalue weighted by molar-refractivity contribution is 6.11. The number of nitrogens with zero attached hydrogens (tertiary/aromatic N) is 1. The van der Waals surface area contributed by atoms with Gasteiger partial charge in [0.2, 0.25) is 0 Å². The average molecular weight is 324 g/mol. The zero-order valence-corrected chi connectivity index (χ0v) is 14.8. The van der Waals surface area contributed by atoms with Crippen LogP contribution in [-0.2, 0) is 11.2 Å². The summed E-state index contributed by atoms with van der Waals surface area (Å²) in [6, 6.07) is 6.53. The van der Waals surface area contributed by atoms with Crippen LogP contribution in [0.2, 0.25) is 0 Å². The first-order valence-corrected chi connectivity index (χ1v) is 8.58. The molecule has 0 amide bonds. The molecule has 0 spiro atoms. The van der Waals surface area contributed by atoms with Gasteiger partial charge in [0.1, 0.15) is 0 Å². The summed E-state index contributed by atoms with van der Waals surface area (Å²) in [7, 11) is 0. The lowest BCUT2D eigenvalue weighted by Crippen LogP contribution is -2.09. The molecule has 24 heavy (non-hydrogen) atoms. The van der Waals surface area contributed by atoms with Gasteiger partial charge in [-0.25, -0.2) is 9.78 Å².